The third kappa shape index (κ3) is 1.70. The highest BCUT2D eigenvalue weighted by molar-refractivity contribution is 7.16. The molecule has 0 aliphatic carbocycles. The number of aromatic nitrogens is 1. The first-order valence-electron chi connectivity index (χ1n) is 4.62. The van der Waals surface area contributed by atoms with E-state index >= 15 is 0 Å². The van der Waals surface area contributed by atoms with Gasteiger partial charge in [-0.05, 0) is 12.1 Å². The van der Waals surface area contributed by atoms with Crippen LogP contribution in [0.2, 0.25) is 0 Å². The van der Waals surface area contributed by atoms with Gasteiger partial charge in [-0.2, -0.15) is 5.26 Å². The van der Waals surface area contributed by atoms with Crippen LogP contribution in [0.1, 0.15) is 24.5 Å². The van der Waals surface area contributed by atoms with Crippen LogP contribution in [0.4, 0.5) is 0 Å². The lowest BCUT2D eigenvalue weighted by Crippen LogP contribution is -1.85. The van der Waals surface area contributed by atoms with Crippen LogP contribution >= 0.6 is 11.3 Å². The minimum Gasteiger partial charge on any atom is -0.243 e. The summed E-state index contributed by atoms with van der Waals surface area (Å²) in [4.78, 5) is 4.19. The molecule has 0 fully saturated rings. The average molecular weight is 212 g/mol. The summed E-state index contributed by atoms with van der Waals surface area (Å²) in [5.41, 5.74) is 3.89. The molecule has 1 aromatic heterocycles. The van der Waals surface area contributed by atoms with Gasteiger partial charge in [-0.15, -0.1) is 11.3 Å². The summed E-state index contributed by atoms with van der Waals surface area (Å²) in [6.45, 7) is 1.99. The molecular weight excluding hydrogens is 204 g/mol. The van der Waals surface area contributed by atoms with Crippen molar-refractivity contribution in [3.8, 4) is 17.9 Å². The van der Waals surface area contributed by atoms with Crippen molar-refractivity contribution in [3.05, 3.63) is 28.8 Å². The molecular formula is C12H8N2S. The van der Waals surface area contributed by atoms with Gasteiger partial charge >= 0.3 is 0 Å². The average Bonchev–Trinajstić information content (AvgIpc) is 2.73. The molecule has 72 valence electrons. The zero-order valence-corrected chi connectivity index (χ0v) is 9.06. The SMILES string of the molecule is CCC#Cc1ccc2scnc2c1C#N. The van der Waals surface area contributed by atoms with Crippen molar-refractivity contribution in [2.75, 3.05) is 0 Å². The van der Waals surface area contributed by atoms with E-state index in [1.165, 1.54) is 11.3 Å². The number of nitrogens with zero attached hydrogens (tertiary/aromatic N) is 2. The van der Waals surface area contributed by atoms with Crippen molar-refractivity contribution < 1.29 is 0 Å². The zero-order valence-electron chi connectivity index (χ0n) is 8.24. The molecule has 0 unspecified atom stereocenters. The molecule has 0 saturated heterocycles. The van der Waals surface area contributed by atoms with Crippen LogP contribution in [0, 0.1) is 23.2 Å². The topological polar surface area (TPSA) is 36.7 Å². The van der Waals surface area contributed by atoms with Gasteiger partial charge in [0, 0.05) is 12.0 Å². The Hall–Kier alpha value is -1.84. The summed E-state index contributed by atoms with van der Waals surface area (Å²) in [5, 5.41) is 9.08. The maximum absolute atomic E-state index is 9.08. The Morgan fingerprint density at radius 3 is 3.07 bits per heavy atom. The van der Waals surface area contributed by atoms with Crippen LogP contribution in [0.25, 0.3) is 10.2 Å². The first-order chi connectivity index (χ1) is 7.36. The first kappa shape index (κ1) is 9.71. The normalized spacial score (nSPS) is 9.33. The molecule has 0 spiro atoms. The maximum atomic E-state index is 9.08. The third-order valence-electron chi connectivity index (χ3n) is 2.01. The minimum absolute atomic E-state index is 0.592. The number of hydrogen-bond acceptors (Lipinski definition) is 3. The van der Waals surface area contributed by atoms with E-state index in [2.05, 4.69) is 22.9 Å². The lowest BCUT2D eigenvalue weighted by Gasteiger charge is -1.95. The van der Waals surface area contributed by atoms with E-state index in [0.29, 0.717) is 5.56 Å². The highest BCUT2D eigenvalue weighted by atomic mass is 32.1. The van der Waals surface area contributed by atoms with Gasteiger partial charge in [-0.3, -0.25) is 0 Å². The molecule has 0 bridgehead atoms. The molecule has 0 aliphatic rings. The zero-order chi connectivity index (χ0) is 10.7. The fourth-order valence-electron chi connectivity index (χ4n) is 1.33. The smallest absolute Gasteiger partial charge is 0.103 e. The molecule has 1 heterocycles. The van der Waals surface area contributed by atoms with E-state index in [-0.39, 0.29) is 0 Å². The second-order valence-corrected chi connectivity index (χ2v) is 3.84. The van der Waals surface area contributed by atoms with Crippen LogP contribution in [-0.2, 0) is 0 Å². The maximum Gasteiger partial charge on any atom is 0.103 e. The summed E-state index contributed by atoms with van der Waals surface area (Å²) < 4.78 is 1.04. The van der Waals surface area contributed by atoms with Crippen LogP contribution in [0.5, 0.6) is 0 Å². The molecule has 0 amide bonds. The lowest BCUT2D eigenvalue weighted by atomic mass is 10.1. The standard InChI is InChI=1S/C12H8N2S/c1-2-3-4-9-5-6-11-12(10(9)7-13)14-8-15-11/h5-6,8H,2H2,1H3. The number of benzene rings is 1. The van der Waals surface area contributed by atoms with Gasteiger partial charge in [0.25, 0.3) is 0 Å². The minimum atomic E-state index is 0.592. The van der Waals surface area contributed by atoms with Gasteiger partial charge in [0.1, 0.15) is 11.6 Å². The Labute approximate surface area is 92.2 Å². The molecule has 2 nitrogen and oxygen atoms in total. The Kier molecular flexibility index (Phi) is 2.67. The van der Waals surface area contributed by atoms with E-state index in [9.17, 15) is 0 Å². The fourth-order valence-corrected chi connectivity index (χ4v) is 2.02. The number of hydrogen-bond donors (Lipinski definition) is 0. The van der Waals surface area contributed by atoms with Crippen molar-refractivity contribution in [2.45, 2.75) is 13.3 Å². The molecule has 0 N–H and O–H groups in total. The second kappa shape index (κ2) is 4.13. The van der Waals surface area contributed by atoms with E-state index < -0.39 is 0 Å². The first-order valence-corrected chi connectivity index (χ1v) is 5.50. The summed E-state index contributed by atoms with van der Waals surface area (Å²) in [7, 11) is 0. The number of thiazole rings is 1. The predicted molar refractivity (Wildman–Crippen MR) is 61.5 cm³/mol. The molecule has 2 aromatic rings. The molecule has 0 saturated carbocycles. The Morgan fingerprint density at radius 1 is 1.47 bits per heavy atom. The molecule has 2 rings (SSSR count). The van der Waals surface area contributed by atoms with Crippen LogP contribution in [0.3, 0.4) is 0 Å². The monoisotopic (exact) mass is 212 g/mol. The van der Waals surface area contributed by atoms with Crippen molar-refractivity contribution in [2.24, 2.45) is 0 Å². The predicted octanol–water partition coefficient (Wildman–Crippen LogP) is 2.93. The van der Waals surface area contributed by atoms with Gasteiger partial charge in [0.15, 0.2) is 0 Å². The van der Waals surface area contributed by atoms with Crippen molar-refractivity contribution in [1.82, 2.24) is 4.98 Å². The van der Waals surface area contributed by atoms with Gasteiger partial charge < -0.3 is 0 Å². The van der Waals surface area contributed by atoms with E-state index in [4.69, 9.17) is 5.26 Å². The Balaban J connectivity index is 2.70. The molecule has 1 aromatic carbocycles. The third-order valence-corrected chi connectivity index (χ3v) is 2.81. The number of fused-ring (bicyclic) bond motifs is 1. The van der Waals surface area contributed by atoms with Crippen molar-refractivity contribution in [1.29, 1.82) is 5.26 Å². The lowest BCUT2D eigenvalue weighted by molar-refractivity contribution is 1.28. The summed E-state index contributed by atoms with van der Waals surface area (Å²) in [6.07, 6.45) is 0.792. The van der Waals surface area contributed by atoms with E-state index in [0.717, 1.165) is 22.2 Å². The number of rotatable bonds is 0. The highest BCUT2D eigenvalue weighted by Crippen LogP contribution is 2.23. The number of nitriles is 1. The van der Waals surface area contributed by atoms with Gasteiger partial charge in [0.2, 0.25) is 0 Å². The molecule has 0 radical (unpaired) electrons. The second-order valence-electron chi connectivity index (χ2n) is 2.95. The fraction of sp³-hybridized carbons (Fsp3) is 0.167. The molecule has 0 aliphatic heterocycles. The van der Waals surface area contributed by atoms with Crippen molar-refractivity contribution >= 4 is 21.6 Å². The largest absolute Gasteiger partial charge is 0.243 e. The summed E-state index contributed by atoms with van der Waals surface area (Å²) >= 11 is 1.54. The molecule has 15 heavy (non-hydrogen) atoms. The van der Waals surface area contributed by atoms with Gasteiger partial charge in [0.05, 0.1) is 15.8 Å². The Morgan fingerprint density at radius 2 is 2.33 bits per heavy atom. The van der Waals surface area contributed by atoms with Gasteiger partial charge in [-0.25, -0.2) is 4.98 Å². The van der Waals surface area contributed by atoms with E-state index in [1.54, 1.807) is 5.51 Å². The quantitative estimate of drug-likeness (QED) is 0.629. The van der Waals surface area contributed by atoms with Crippen LogP contribution in [0.15, 0.2) is 17.6 Å². The van der Waals surface area contributed by atoms with Crippen LogP contribution in [-0.4, -0.2) is 4.98 Å². The van der Waals surface area contributed by atoms with Crippen molar-refractivity contribution in [3.63, 3.8) is 0 Å². The molecule has 3 heteroatoms. The summed E-state index contributed by atoms with van der Waals surface area (Å²) in [6, 6.07) is 6.03. The van der Waals surface area contributed by atoms with Crippen LogP contribution < -0.4 is 0 Å². The highest BCUT2D eigenvalue weighted by Gasteiger charge is 2.07. The van der Waals surface area contributed by atoms with E-state index in [1.807, 2.05) is 19.1 Å². The molecule has 0 atom stereocenters. The summed E-state index contributed by atoms with van der Waals surface area (Å²) in [5.74, 6) is 5.96. The Bertz CT molecular complexity index is 593. The van der Waals surface area contributed by atoms with Gasteiger partial charge in [-0.1, -0.05) is 18.8 Å².